The Kier molecular flexibility index (Phi) is 22.1. The van der Waals surface area contributed by atoms with Gasteiger partial charge < -0.3 is 52.3 Å². The molecular weight excluding hydrogens is 971 g/mol. The van der Waals surface area contributed by atoms with Crippen LogP contribution >= 0.6 is 0 Å². The van der Waals surface area contributed by atoms with Gasteiger partial charge >= 0.3 is 24.0 Å². The van der Waals surface area contributed by atoms with Crippen molar-refractivity contribution in [1.29, 1.82) is 0 Å². The van der Waals surface area contributed by atoms with Gasteiger partial charge in [0.2, 0.25) is 0 Å². The Balaban J connectivity index is 1.02. The average molecular weight is 1040 g/mol. The molecule has 1 amide bonds. The molecule has 76 heavy (non-hydrogen) atoms. The number of unbranched alkanes of at least 4 members (excludes halogenated alkanes) is 2. The molecule has 15 heteroatoms. The third-order valence-corrected chi connectivity index (χ3v) is 12.4. The van der Waals surface area contributed by atoms with Crippen LogP contribution in [0.2, 0.25) is 0 Å². The lowest BCUT2D eigenvalue weighted by molar-refractivity contribution is -0.312. The summed E-state index contributed by atoms with van der Waals surface area (Å²) in [5.74, 6) is -1.23. The van der Waals surface area contributed by atoms with Gasteiger partial charge in [-0.05, 0) is 90.4 Å². The molecule has 0 bridgehead atoms. The van der Waals surface area contributed by atoms with E-state index < -0.39 is 54.7 Å². The van der Waals surface area contributed by atoms with E-state index in [0.29, 0.717) is 43.7 Å². The fourth-order valence-corrected chi connectivity index (χ4v) is 8.23. The fourth-order valence-electron chi connectivity index (χ4n) is 8.23. The van der Waals surface area contributed by atoms with Crippen LogP contribution in [0.4, 0.5) is 4.79 Å². The zero-order valence-corrected chi connectivity index (χ0v) is 42.9. The van der Waals surface area contributed by atoms with E-state index in [0.717, 1.165) is 27.8 Å². The summed E-state index contributed by atoms with van der Waals surface area (Å²) in [5.41, 5.74) is 4.93. The van der Waals surface area contributed by atoms with Gasteiger partial charge in [0.25, 0.3) is 0 Å². The van der Waals surface area contributed by atoms with Crippen LogP contribution in [0.25, 0.3) is 0 Å². The molecule has 6 aromatic carbocycles. The van der Waals surface area contributed by atoms with Crippen LogP contribution in [0.5, 0.6) is 5.75 Å². The van der Waals surface area contributed by atoms with Gasteiger partial charge in [0.05, 0.1) is 44.5 Å². The number of esters is 3. The molecule has 1 aliphatic heterocycles. The molecule has 0 aromatic heterocycles. The van der Waals surface area contributed by atoms with Crippen molar-refractivity contribution in [3.8, 4) is 5.75 Å². The number of hydrogen-bond donors (Lipinski definition) is 0. The second kappa shape index (κ2) is 30.0. The maximum Gasteiger partial charge on any atom is 0.410 e. The van der Waals surface area contributed by atoms with Crippen LogP contribution in [0.15, 0.2) is 170 Å². The summed E-state index contributed by atoms with van der Waals surface area (Å²) in [7, 11) is 1.59. The maximum atomic E-state index is 13.9. The lowest BCUT2D eigenvalue weighted by atomic mass is 9.97. The Morgan fingerprint density at radius 1 is 0.513 bits per heavy atom. The van der Waals surface area contributed by atoms with Gasteiger partial charge in [-0.2, -0.15) is 0 Å². The van der Waals surface area contributed by atoms with Crippen molar-refractivity contribution in [2.45, 2.75) is 103 Å². The third kappa shape index (κ3) is 18.0. The number of Topliss-reactive ketones (excluding diaryl/α,β-unsaturated/α-hetero) is 1. The molecule has 0 aliphatic carbocycles. The Hall–Kier alpha value is -7.69. The number of rotatable bonds is 28. The first-order valence-electron chi connectivity index (χ1n) is 25.5. The number of benzene rings is 6. The summed E-state index contributed by atoms with van der Waals surface area (Å²) in [6.45, 7) is 2.58. The Bertz CT molecular complexity index is 2710. The highest BCUT2D eigenvalue weighted by Gasteiger charge is 2.52. The number of carbonyl (C=O) groups is 5. The summed E-state index contributed by atoms with van der Waals surface area (Å²) < 4.78 is 54.9. The van der Waals surface area contributed by atoms with E-state index in [2.05, 4.69) is 0 Å². The molecule has 0 N–H and O–H groups in total. The number of ether oxygens (including phenoxy) is 9. The van der Waals surface area contributed by atoms with Crippen molar-refractivity contribution in [3.63, 3.8) is 0 Å². The standard InChI is InChI=1S/C61H65NO14/c1-44(63)26-35-54(64)75-55-53(43-69-39-47-31-33-52(68-2)34-32-47)74-60(57(76-59(66)51-24-14-6-15-25-51)56(55)71-40-46-20-10-4-11-21-46)70-37-17-7-16-36-62(38-45-18-8-3-9-19-45)61(67)73-42-49-29-27-48(28-30-49)41-72-58(65)50-22-12-5-13-23-50/h3-6,8-15,18-25,27-34,53,55-57,60H,7,16-17,26,35-43H2,1-2H3/t53-,55+,56-,57+,60+/m0/s1. The smallest absolute Gasteiger partial charge is 0.410 e. The first kappa shape index (κ1) is 56.0. The highest BCUT2D eigenvalue weighted by molar-refractivity contribution is 5.90. The number of nitrogens with zero attached hydrogens (tertiary/aromatic N) is 1. The van der Waals surface area contributed by atoms with E-state index in [1.54, 1.807) is 66.6 Å². The number of hydrogen-bond acceptors (Lipinski definition) is 14. The number of amides is 1. The Morgan fingerprint density at radius 2 is 1.07 bits per heavy atom. The Morgan fingerprint density at radius 3 is 1.68 bits per heavy atom. The lowest BCUT2D eigenvalue weighted by Crippen LogP contribution is -2.62. The van der Waals surface area contributed by atoms with Gasteiger partial charge in [-0.1, -0.05) is 133 Å². The number of carbonyl (C=O) groups excluding carboxylic acids is 5. The van der Waals surface area contributed by atoms with Crippen LogP contribution in [-0.4, -0.2) is 92.3 Å². The zero-order valence-electron chi connectivity index (χ0n) is 42.9. The quantitative estimate of drug-likeness (QED) is 0.0258. The largest absolute Gasteiger partial charge is 0.497 e. The van der Waals surface area contributed by atoms with E-state index in [4.69, 9.17) is 42.6 Å². The number of ketones is 1. The minimum Gasteiger partial charge on any atom is -0.497 e. The molecule has 1 heterocycles. The summed E-state index contributed by atoms with van der Waals surface area (Å²) in [6, 6.07) is 51.1. The molecule has 0 radical (unpaired) electrons. The van der Waals surface area contributed by atoms with Crippen LogP contribution in [-0.2, 0) is 80.5 Å². The predicted octanol–water partition coefficient (Wildman–Crippen LogP) is 10.4. The minimum absolute atomic E-state index is 0.0309. The first-order chi connectivity index (χ1) is 37.1. The summed E-state index contributed by atoms with van der Waals surface area (Å²) >= 11 is 0. The highest BCUT2D eigenvalue weighted by Crippen LogP contribution is 2.32. The van der Waals surface area contributed by atoms with Crippen LogP contribution in [0, 0.1) is 0 Å². The summed E-state index contributed by atoms with van der Waals surface area (Å²) in [5, 5.41) is 0. The summed E-state index contributed by atoms with van der Waals surface area (Å²) in [6.07, 6.45) is -4.65. The molecule has 5 atom stereocenters. The molecule has 1 saturated heterocycles. The second-order valence-corrected chi connectivity index (χ2v) is 18.2. The van der Waals surface area contributed by atoms with Gasteiger partial charge in [0.1, 0.15) is 37.0 Å². The minimum atomic E-state index is -1.25. The van der Waals surface area contributed by atoms with Crippen molar-refractivity contribution < 1.29 is 66.6 Å². The molecule has 6 aromatic rings. The SMILES string of the molecule is COc1ccc(COC[C@@H]2O[C@@H](OCCCCCN(Cc3ccccc3)C(=O)OCc3ccc(COC(=O)c4ccccc4)cc3)[C@H](OC(=O)c3ccccc3)[C@@H](OCc3ccccc3)[C@@H]2OC(=O)CCC(C)=O)cc1. The van der Waals surface area contributed by atoms with Crippen LogP contribution in [0.1, 0.15) is 87.6 Å². The van der Waals surface area contributed by atoms with Crippen LogP contribution < -0.4 is 4.74 Å². The molecule has 7 rings (SSSR count). The monoisotopic (exact) mass is 1040 g/mol. The first-order valence-corrected chi connectivity index (χ1v) is 25.5. The third-order valence-electron chi connectivity index (χ3n) is 12.4. The molecule has 0 spiro atoms. The van der Waals surface area contributed by atoms with Crippen molar-refractivity contribution in [1.82, 2.24) is 4.90 Å². The fraction of sp³-hybridized carbons (Fsp3) is 0.328. The second-order valence-electron chi connectivity index (χ2n) is 18.2. The molecule has 0 saturated carbocycles. The molecule has 398 valence electrons. The van der Waals surface area contributed by atoms with Gasteiger partial charge in [-0.25, -0.2) is 14.4 Å². The molecule has 1 fully saturated rings. The molecule has 1 aliphatic rings. The molecular formula is C61H65NO14. The van der Waals surface area contributed by atoms with E-state index in [1.165, 1.54) is 6.92 Å². The van der Waals surface area contributed by atoms with Crippen LogP contribution in [0.3, 0.4) is 0 Å². The van der Waals surface area contributed by atoms with Gasteiger partial charge in [0, 0.05) is 26.1 Å². The van der Waals surface area contributed by atoms with E-state index in [-0.39, 0.29) is 63.8 Å². The van der Waals surface area contributed by atoms with Gasteiger partial charge in [0.15, 0.2) is 18.5 Å². The lowest BCUT2D eigenvalue weighted by Gasteiger charge is -2.45. The van der Waals surface area contributed by atoms with E-state index in [1.807, 2.05) is 115 Å². The number of methoxy groups -OCH3 is 1. The van der Waals surface area contributed by atoms with Crippen molar-refractivity contribution in [2.24, 2.45) is 0 Å². The highest BCUT2D eigenvalue weighted by atomic mass is 16.7. The Labute approximate surface area is 443 Å². The van der Waals surface area contributed by atoms with Gasteiger partial charge in [-0.15, -0.1) is 0 Å². The molecule has 15 nitrogen and oxygen atoms in total. The zero-order chi connectivity index (χ0) is 53.3. The van der Waals surface area contributed by atoms with Gasteiger partial charge in [-0.3, -0.25) is 4.79 Å². The predicted molar refractivity (Wildman–Crippen MR) is 281 cm³/mol. The normalized spacial score (nSPS) is 16.9. The molecule has 0 unspecified atom stereocenters. The van der Waals surface area contributed by atoms with Crippen molar-refractivity contribution in [2.75, 3.05) is 26.9 Å². The van der Waals surface area contributed by atoms with E-state index >= 15 is 0 Å². The van der Waals surface area contributed by atoms with Crippen molar-refractivity contribution in [3.05, 3.63) is 209 Å². The maximum absolute atomic E-state index is 13.9. The van der Waals surface area contributed by atoms with E-state index in [9.17, 15) is 24.0 Å². The van der Waals surface area contributed by atoms with Crippen molar-refractivity contribution >= 4 is 29.8 Å². The summed E-state index contributed by atoms with van der Waals surface area (Å²) in [4.78, 5) is 67.1. The average Bonchev–Trinajstić information content (AvgIpc) is 3.46. The topological polar surface area (TPSA) is 172 Å².